The van der Waals surface area contributed by atoms with Crippen molar-refractivity contribution in [2.24, 2.45) is 5.73 Å². The number of carbonyl (C=O) groups excluding carboxylic acids is 1. The fourth-order valence-corrected chi connectivity index (χ4v) is 3.49. The second-order valence-electron chi connectivity index (χ2n) is 8.50. The van der Waals surface area contributed by atoms with Crippen LogP contribution in [0.15, 0.2) is 42.3 Å². The molecule has 0 spiro atoms. The molecule has 0 saturated carbocycles. The van der Waals surface area contributed by atoms with Crippen molar-refractivity contribution >= 4 is 33.5 Å². The van der Waals surface area contributed by atoms with E-state index in [9.17, 15) is 13.2 Å². The molecule has 0 atom stereocenters. The van der Waals surface area contributed by atoms with E-state index >= 15 is 0 Å². The molecule has 2 rings (SSSR count). The van der Waals surface area contributed by atoms with Gasteiger partial charge in [-0.15, -0.1) is 0 Å². The molecule has 0 unspecified atom stereocenters. The van der Waals surface area contributed by atoms with E-state index < -0.39 is 15.9 Å². The molecule has 2 aromatic rings. The summed E-state index contributed by atoms with van der Waals surface area (Å²) in [5, 5.41) is 9.88. The van der Waals surface area contributed by atoms with Gasteiger partial charge in [0.1, 0.15) is 5.75 Å². The van der Waals surface area contributed by atoms with Crippen molar-refractivity contribution in [1.29, 1.82) is 5.41 Å². The fourth-order valence-electron chi connectivity index (χ4n) is 2.94. The third-order valence-electron chi connectivity index (χ3n) is 4.63. The fraction of sp³-hybridized carbons (Fsp3) is 0.304. The first-order valence-corrected chi connectivity index (χ1v) is 11.9. The van der Waals surface area contributed by atoms with Crippen molar-refractivity contribution in [2.45, 2.75) is 33.1 Å². The van der Waals surface area contributed by atoms with Gasteiger partial charge < -0.3 is 25.9 Å². The van der Waals surface area contributed by atoms with Gasteiger partial charge in [-0.1, -0.05) is 26.8 Å². The minimum Gasteiger partial charge on any atom is -0.492 e. The molecule has 0 aromatic heterocycles. The zero-order valence-electron chi connectivity index (χ0n) is 19.6. The Morgan fingerprint density at radius 2 is 1.79 bits per heavy atom. The summed E-state index contributed by atoms with van der Waals surface area (Å²) in [6.07, 6.45) is 3.32. The van der Waals surface area contributed by atoms with E-state index in [4.69, 9.17) is 20.6 Å². The lowest BCUT2D eigenvalue weighted by Crippen LogP contribution is -2.18. The largest absolute Gasteiger partial charge is 0.492 e. The number of benzene rings is 2. The SMILES string of the molecule is COc1c(NC(=O)c2ccc(C)c(OC(N)=CC=N)c2)cc(C(C)(C)C)cc1NS(C)(=O)=O. The van der Waals surface area contributed by atoms with Gasteiger partial charge >= 0.3 is 0 Å². The molecule has 0 radical (unpaired) electrons. The second kappa shape index (κ2) is 9.95. The first-order valence-electron chi connectivity index (χ1n) is 10.0. The smallest absolute Gasteiger partial charge is 0.255 e. The van der Waals surface area contributed by atoms with Crippen LogP contribution < -0.4 is 25.2 Å². The Morgan fingerprint density at radius 1 is 1.15 bits per heavy atom. The lowest BCUT2D eigenvalue weighted by molar-refractivity contribution is 0.102. The maximum atomic E-state index is 13.1. The van der Waals surface area contributed by atoms with Crippen LogP contribution in [0.5, 0.6) is 11.5 Å². The van der Waals surface area contributed by atoms with Crippen LogP contribution in [-0.4, -0.2) is 33.9 Å². The molecule has 1 amide bonds. The number of sulfonamides is 1. The number of ether oxygens (including phenoxy) is 2. The van der Waals surface area contributed by atoms with Crippen LogP contribution in [0.25, 0.3) is 0 Å². The molecule has 0 bridgehead atoms. The first kappa shape index (κ1) is 25.7. The van der Waals surface area contributed by atoms with E-state index in [1.807, 2.05) is 20.8 Å². The molecule has 0 saturated heterocycles. The van der Waals surface area contributed by atoms with Gasteiger partial charge in [0.25, 0.3) is 5.91 Å². The molecular weight excluding hydrogens is 444 g/mol. The molecule has 0 aliphatic rings. The van der Waals surface area contributed by atoms with Gasteiger partial charge in [-0.3, -0.25) is 9.52 Å². The molecule has 9 nitrogen and oxygen atoms in total. The van der Waals surface area contributed by atoms with Gasteiger partial charge in [0.2, 0.25) is 10.0 Å². The summed E-state index contributed by atoms with van der Waals surface area (Å²) in [4.78, 5) is 13.1. The highest BCUT2D eigenvalue weighted by Gasteiger charge is 2.22. The standard InChI is InChI=1S/C23H30N4O5S/c1-14-7-8-15(11-19(14)32-20(25)9-10-24)22(28)26-17-12-16(23(2,3)4)13-18(21(17)31-5)27-33(6,29)30/h7-13,24,27H,25H2,1-6H3,(H,26,28). The van der Waals surface area contributed by atoms with Crippen molar-refractivity contribution in [2.75, 3.05) is 23.4 Å². The predicted molar refractivity (Wildman–Crippen MR) is 131 cm³/mol. The topological polar surface area (TPSA) is 144 Å². The van der Waals surface area contributed by atoms with Gasteiger partial charge in [0, 0.05) is 17.9 Å². The Bertz CT molecular complexity index is 1200. The number of carbonyl (C=O) groups is 1. The Labute approximate surface area is 194 Å². The van der Waals surface area contributed by atoms with E-state index in [2.05, 4.69) is 10.0 Å². The third-order valence-corrected chi connectivity index (χ3v) is 5.22. The highest BCUT2D eigenvalue weighted by atomic mass is 32.2. The number of rotatable bonds is 8. The lowest BCUT2D eigenvalue weighted by atomic mass is 9.86. The van der Waals surface area contributed by atoms with Gasteiger partial charge in [0.15, 0.2) is 11.6 Å². The minimum absolute atomic E-state index is 0.0155. The molecule has 0 aliphatic heterocycles. The number of hydrogen-bond donors (Lipinski definition) is 4. The summed E-state index contributed by atoms with van der Waals surface area (Å²) in [5.74, 6) is 0.113. The van der Waals surface area contributed by atoms with Crippen LogP contribution in [0.4, 0.5) is 11.4 Å². The highest BCUT2D eigenvalue weighted by molar-refractivity contribution is 7.92. The molecule has 10 heteroatoms. The van der Waals surface area contributed by atoms with Crippen LogP contribution in [0, 0.1) is 12.3 Å². The molecule has 0 aliphatic carbocycles. The normalized spacial score (nSPS) is 12.1. The Morgan fingerprint density at radius 3 is 2.33 bits per heavy atom. The van der Waals surface area contributed by atoms with Crippen molar-refractivity contribution in [3.8, 4) is 11.5 Å². The van der Waals surface area contributed by atoms with Crippen molar-refractivity contribution in [3.05, 3.63) is 59.0 Å². The average Bonchev–Trinajstić information content (AvgIpc) is 2.67. The molecular formula is C23H30N4O5S. The number of aryl methyl sites for hydroxylation is 1. The van der Waals surface area contributed by atoms with Gasteiger partial charge in [-0.05, 0) is 47.7 Å². The Hall–Kier alpha value is -3.53. The number of methoxy groups -OCH3 is 1. The van der Waals surface area contributed by atoms with E-state index in [0.717, 1.165) is 23.6 Å². The quantitative estimate of drug-likeness (QED) is 0.339. The summed E-state index contributed by atoms with van der Waals surface area (Å²) < 4.78 is 37.2. The second-order valence-corrected chi connectivity index (χ2v) is 10.2. The lowest BCUT2D eigenvalue weighted by Gasteiger charge is -2.24. The summed E-state index contributed by atoms with van der Waals surface area (Å²) in [7, 11) is -2.19. The van der Waals surface area contributed by atoms with E-state index in [1.165, 1.54) is 19.3 Å². The summed E-state index contributed by atoms with van der Waals surface area (Å²) >= 11 is 0. The summed E-state index contributed by atoms with van der Waals surface area (Å²) in [5.41, 5.74) is 7.75. The van der Waals surface area contributed by atoms with E-state index in [-0.39, 0.29) is 22.7 Å². The number of allylic oxidation sites excluding steroid dienone is 1. The molecule has 33 heavy (non-hydrogen) atoms. The number of anilines is 2. The summed E-state index contributed by atoms with van der Waals surface area (Å²) in [6, 6.07) is 8.31. The molecule has 178 valence electrons. The average molecular weight is 475 g/mol. The van der Waals surface area contributed by atoms with Gasteiger partial charge in [0.05, 0.1) is 24.7 Å². The van der Waals surface area contributed by atoms with Crippen LogP contribution in [0.1, 0.15) is 42.3 Å². The van der Waals surface area contributed by atoms with Crippen LogP contribution in [-0.2, 0) is 15.4 Å². The summed E-state index contributed by atoms with van der Waals surface area (Å²) in [6.45, 7) is 7.72. The number of hydrogen-bond acceptors (Lipinski definition) is 7. The molecule has 0 fully saturated rings. The highest BCUT2D eigenvalue weighted by Crippen LogP contribution is 2.39. The number of nitrogens with one attached hydrogen (secondary N) is 3. The number of amides is 1. The zero-order chi connectivity index (χ0) is 25.0. The third kappa shape index (κ3) is 6.98. The maximum absolute atomic E-state index is 13.1. The first-order chi connectivity index (χ1) is 15.2. The van der Waals surface area contributed by atoms with Crippen LogP contribution in [0.3, 0.4) is 0 Å². The van der Waals surface area contributed by atoms with Gasteiger partial charge in [-0.25, -0.2) is 8.42 Å². The van der Waals surface area contributed by atoms with Crippen LogP contribution >= 0.6 is 0 Å². The van der Waals surface area contributed by atoms with E-state index in [1.54, 1.807) is 31.2 Å². The Balaban J connectivity index is 2.51. The minimum atomic E-state index is -3.59. The number of nitrogens with two attached hydrogens (primary N) is 1. The molecule has 0 heterocycles. The maximum Gasteiger partial charge on any atom is 0.255 e. The Kier molecular flexibility index (Phi) is 7.76. The van der Waals surface area contributed by atoms with Crippen LogP contribution in [0.2, 0.25) is 0 Å². The van der Waals surface area contributed by atoms with Gasteiger partial charge in [-0.2, -0.15) is 0 Å². The van der Waals surface area contributed by atoms with Crippen molar-refractivity contribution in [3.63, 3.8) is 0 Å². The van der Waals surface area contributed by atoms with Crippen molar-refractivity contribution in [1.82, 2.24) is 0 Å². The van der Waals surface area contributed by atoms with Crippen molar-refractivity contribution < 1.29 is 22.7 Å². The molecule has 2 aromatic carbocycles. The zero-order valence-corrected chi connectivity index (χ0v) is 20.4. The monoisotopic (exact) mass is 474 g/mol. The van der Waals surface area contributed by atoms with E-state index in [0.29, 0.717) is 17.0 Å². The predicted octanol–water partition coefficient (Wildman–Crippen LogP) is 3.75. The molecule has 5 N–H and O–H groups in total.